The number of halogens is 3. The normalized spacial score (nSPS) is 14.8. The first-order chi connectivity index (χ1) is 13.3. The zero-order chi connectivity index (χ0) is 20.1. The van der Waals surface area contributed by atoms with Gasteiger partial charge in [0.25, 0.3) is 0 Å². The molecular formula is C19H21F3N4O2. The van der Waals surface area contributed by atoms with E-state index < -0.39 is 17.6 Å². The summed E-state index contributed by atoms with van der Waals surface area (Å²) in [5, 5.41) is 2.67. The summed E-state index contributed by atoms with van der Waals surface area (Å²) in [5.74, 6) is 0.842. The third-order valence-electron chi connectivity index (χ3n) is 4.28. The fourth-order valence-corrected chi connectivity index (χ4v) is 2.93. The van der Waals surface area contributed by atoms with E-state index >= 15 is 0 Å². The van der Waals surface area contributed by atoms with Crippen molar-refractivity contribution in [1.82, 2.24) is 15.3 Å². The molecule has 0 radical (unpaired) electrons. The third kappa shape index (κ3) is 5.41. The average molecular weight is 394 g/mol. The van der Waals surface area contributed by atoms with E-state index in [-0.39, 0.29) is 13.0 Å². The third-order valence-corrected chi connectivity index (χ3v) is 4.28. The van der Waals surface area contributed by atoms with Crippen molar-refractivity contribution < 1.29 is 22.7 Å². The summed E-state index contributed by atoms with van der Waals surface area (Å²) in [6.07, 6.45) is -4.58. The number of amides is 1. The molecule has 28 heavy (non-hydrogen) atoms. The largest absolute Gasteiger partial charge is 0.416 e. The second-order valence-electron chi connectivity index (χ2n) is 6.53. The van der Waals surface area contributed by atoms with E-state index in [0.29, 0.717) is 24.6 Å². The van der Waals surface area contributed by atoms with Gasteiger partial charge in [-0.2, -0.15) is 13.2 Å². The van der Waals surface area contributed by atoms with E-state index in [1.165, 1.54) is 12.1 Å². The number of nitrogens with zero attached hydrogens (tertiary/aromatic N) is 3. The molecule has 0 spiro atoms. The zero-order valence-corrected chi connectivity index (χ0v) is 15.4. The Morgan fingerprint density at radius 2 is 1.96 bits per heavy atom. The molecule has 1 N–H and O–H groups in total. The van der Waals surface area contributed by atoms with Crippen LogP contribution in [0.4, 0.5) is 19.0 Å². The second kappa shape index (κ2) is 8.55. The van der Waals surface area contributed by atoms with Gasteiger partial charge in [0, 0.05) is 24.8 Å². The molecule has 2 heterocycles. The highest BCUT2D eigenvalue weighted by Gasteiger charge is 2.30. The first-order valence-corrected chi connectivity index (χ1v) is 8.91. The van der Waals surface area contributed by atoms with E-state index in [0.717, 1.165) is 36.7 Å². The van der Waals surface area contributed by atoms with Crippen LogP contribution in [0, 0.1) is 6.92 Å². The van der Waals surface area contributed by atoms with Gasteiger partial charge in [-0.05, 0) is 18.6 Å². The van der Waals surface area contributed by atoms with Gasteiger partial charge < -0.3 is 15.0 Å². The first-order valence-electron chi connectivity index (χ1n) is 8.91. The summed E-state index contributed by atoms with van der Waals surface area (Å²) in [7, 11) is 0. The maximum absolute atomic E-state index is 12.8. The Bertz CT molecular complexity index is 836. The summed E-state index contributed by atoms with van der Waals surface area (Å²) in [4.78, 5) is 23.0. The number of ether oxygens (including phenoxy) is 1. The standard InChI is InChI=1S/C19H21F3N4O2/c1-13-9-17(26-5-7-28-8-6-26)25-16(24-13)12-23-18(27)11-14-3-2-4-15(10-14)19(20,21)22/h2-4,9-10H,5-8,11-12H2,1H3,(H,23,27). The zero-order valence-electron chi connectivity index (χ0n) is 15.4. The fraction of sp³-hybridized carbons (Fsp3) is 0.421. The molecule has 1 aromatic heterocycles. The van der Waals surface area contributed by atoms with Crippen molar-refractivity contribution in [3.05, 3.63) is 53.0 Å². The number of hydrogen-bond acceptors (Lipinski definition) is 5. The van der Waals surface area contributed by atoms with Crippen molar-refractivity contribution in [2.45, 2.75) is 26.1 Å². The molecular weight excluding hydrogens is 373 g/mol. The molecule has 2 aromatic rings. The molecule has 1 amide bonds. The van der Waals surface area contributed by atoms with Gasteiger partial charge in [0.1, 0.15) is 11.6 Å². The van der Waals surface area contributed by atoms with Crippen LogP contribution in [0.25, 0.3) is 0 Å². The molecule has 3 rings (SSSR count). The minimum absolute atomic E-state index is 0.108. The van der Waals surface area contributed by atoms with Gasteiger partial charge in [0.05, 0.1) is 31.7 Å². The minimum Gasteiger partial charge on any atom is -0.378 e. The Balaban J connectivity index is 1.61. The minimum atomic E-state index is -4.43. The number of hydrogen-bond donors (Lipinski definition) is 1. The van der Waals surface area contributed by atoms with Crippen molar-refractivity contribution >= 4 is 11.7 Å². The summed E-state index contributed by atoms with van der Waals surface area (Å²) in [6.45, 7) is 4.68. The van der Waals surface area contributed by atoms with Crippen molar-refractivity contribution in [3.63, 3.8) is 0 Å². The van der Waals surface area contributed by atoms with Gasteiger partial charge in [0.2, 0.25) is 5.91 Å². The van der Waals surface area contributed by atoms with Gasteiger partial charge in [-0.1, -0.05) is 18.2 Å². The Morgan fingerprint density at radius 3 is 2.68 bits per heavy atom. The van der Waals surface area contributed by atoms with Gasteiger partial charge in [-0.3, -0.25) is 4.79 Å². The van der Waals surface area contributed by atoms with Crippen LogP contribution in [0.15, 0.2) is 30.3 Å². The number of carbonyl (C=O) groups excluding carboxylic acids is 1. The summed E-state index contributed by atoms with van der Waals surface area (Å²) in [6, 6.07) is 6.63. The lowest BCUT2D eigenvalue weighted by Crippen LogP contribution is -2.37. The Labute approximate surface area is 160 Å². The highest BCUT2D eigenvalue weighted by atomic mass is 19.4. The van der Waals surface area contributed by atoms with Crippen LogP contribution in [-0.2, 0) is 28.7 Å². The number of anilines is 1. The molecule has 1 aromatic carbocycles. The van der Waals surface area contributed by atoms with Crippen LogP contribution in [0.5, 0.6) is 0 Å². The fourth-order valence-electron chi connectivity index (χ4n) is 2.93. The molecule has 0 aliphatic carbocycles. The SMILES string of the molecule is Cc1cc(N2CCOCC2)nc(CNC(=O)Cc2cccc(C(F)(F)F)c2)n1. The number of carbonyl (C=O) groups is 1. The molecule has 150 valence electrons. The van der Waals surface area contributed by atoms with Crippen molar-refractivity contribution in [2.24, 2.45) is 0 Å². The van der Waals surface area contributed by atoms with Gasteiger partial charge in [-0.15, -0.1) is 0 Å². The van der Waals surface area contributed by atoms with Gasteiger partial charge in [0.15, 0.2) is 0 Å². The molecule has 1 aliphatic rings. The van der Waals surface area contributed by atoms with E-state index in [2.05, 4.69) is 20.2 Å². The number of morpholine rings is 1. The number of rotatable bonds is 5. The van der Waals surface area contributed by atoms with Crippen molar-refractivity contribution in [2.75, 3.05) is 31.2 Å². The Hall–Kier alpha value is -2.68. The number of nitrogens with one attached hydrogen (secondary N) is 1. The number of benzene rings is 1. The van der Waals surface area contributed by atoms with Crippen molar-refractivity contribution in [3.8, 4) is 0 Å². The summed E-state index contributed by atoms with van der Waals surface area (Å²) in [5.41, 5.74) is 0.306. The van der Waals surface area contributed by atoms with E-state index in [1.807, 2.05) is 13.0 Å². The van der Waals surface area contributed by atoms with Crippen LogP contribution < -0.4 is 10.2 Å². The molecule has 1 fully saturated rings. The van der Waals surface area contributed by atoms with E-state index in [4.69, 9.17) is 4.74 Å². The summed E-state index contributed by atoms with van der Waals surface area (Å²) < 4.78 is 43.7. The summed E-state index contributed by atoms with van der Waals surface area (Å²) >= 11 is 0. The predicted molar refractivity (Wildman–Crippen MR) is 96.8 cm³/mol. The number of aromatic nitrogens is 2. The van der Waals surface area contributed by atoms with Crippen LogP contribution >= 0.6 is 0 Å². The first kappa shape index (κ1) is 20.1. The lowest BCUT2D eigenvalue weighted by atomic mass is 10.1. The molecule has 6 nitrogen and oxygen atoms in total. The van der Waals surface area contributed by atoms with Crippen molar-refractivity contribution in [1.29, 1.82) is 0 Å². The van der Waals surface area contributed by atoms with Gasteiger partial charge >= 0.3 is 6.18 Å². The quantitative estimate of drug-likeness (QED) is 0.844. The molecule has 0 saturated carbocycles. The Morgan fingerprint density at radius 1 is 1.21 bits per heavy atom. The molecule has 1 aliphatic heterocycles. The highest BCUT2D eigenvalue weighted by molar-refractivity contribution is 5.78. The molecule has 0 bridgehead atoms. The molecule has 0 atom stereocenters. The Kier molecular flexibility index (Phi) is 6.13. The number of aryl methyl sites for hydroxylation is 1. The monoisotopic (exact) mass is 394 g/mol. The molecule has 0 unspecified atom stereocenters. The maximum Gasteiger partial charge on any atom is 0.416 e. The second-order valence-corrected chi connectivity index (χ2v) is 6.53. The van der Waals surface area contributed by atoms with Crippen LogP contribution in [0.3, 0.4) is 0 Å². The maximum atomic E-state index is 12.8. The molecule has 9 heteroatoms. The average Bonchev–Trinajstić information content (AvgIpc) is 2.66. The van der Waals surface area contributed by atoms with Crippen LogP contribution in [0.2, 0.25) is 0 Å². The lowest BCUT2D eigenvalue weighted by molar-refractivity contribution is -0.137. The van der Waals surface area contributed by atoms with Crippen LogP contribution in [0.1, 0.15) is 22.6 Å². The van der Waals surface area contributed by atoms with Crippen LogP contribution in [-0.4, -0.2) is 42.2 Å². The highest BCUT2D eigenvalue weighted by Crippen LogP contribution is 2.29. The lowest BCUT2D eigenvalue weighted by Gasteiger charge is -2.28. The predicted octanol–water partition coefficient (Wildman–Crippen LogP) is 2.50. The van der Waals surface area contributed by atoms with E-state index in [9.17, 15) is 18.0 Å². The van der Waals surface area contributed by atoms with E-state index in [1.54, 1.807) is 0 Å². The topological polar surface area (TPSA) is 67.3 Å². The van der Waals surface area contributed by atoms with Gasteiger partial charge in [-0.25, -0.2) is 9.97 Å². The number of alkyl halides is 3. The smallest absolute Gasteiger partial charge is 0.378 e. The molecule has 1 saturated heterocycles.